The molecule has 44 nitrogen and oxygen atoms in total. The Kier molecular flexibility index (Phi) is 35.1. The molecule has 46 heteroatoms. The predicted octanol–water partition coefficient (Wildman–Crippen LogP) is -10.2. The highest BCUT2D eigenvalue weighted by Crippen LogP contribution is 2.61. The Balaban J connectivity index is 1.13. The maximum Gasteiger partial charge on any atom is 0.483 e. The van der Waals surface area contributed by atoms with Gasteiger partial charge in [0.25, 0.3) is 0 Å². The number of nitrogens with one attached hydrogen (secondary N) is 2. The molecule has 2 amide bonds. The number of carbonyl (C=O) groups is 2. The molecule has 7 aliphatic rings. The van der Waals surface area contributed by atoms with Gasteiger partial charge in [-0.15, -0.1) is 0 Å². The molecule has 0 bridgehead atoms. The van der Waals surface area contributed by atoms with Crippen LogP contribution in [0.1, 0.15) is 73.6 Å². The van der Waals surface area contributed by atoms with Gasteiger partial charge in [0.15, 0.2) is 44.0 Å². The Morgan fingerprint density at radius 2 is 0.794 bits per heavy atom. The summed E-state index contributed by atoms with van der Waals surface area (Å²) in [4.78, 5) is 47.1. The van der Waals surface area contributed by atoms with E-state index in [2.05, 4.69) is 27.1 Å². The number of carbonyl (C=O) groups excluding carboxylic acids is 2. The lowest BCUT2D eigenvalue weighted by molar-refractivity contribution is -0.407. The van der Waals surface area contributed by atoms with Crippen molar-refractivity contribution in [1.82, 2.24) is 10.6 Å². The minimum Gasteiger partial charge on any atom is -0.394 e. The predicted molar refractivity (Wildman–Crippen MR) is 346 cm³/mol. The van der Waals surface area contributed by atoms with Gasteiger partial charge in [0, 0.05) is 13.8 Å². The first-order chi connectivity index (χ1) is 50.3. The van der Waals surface area contributed by atoms with Crippen LogP contribution in [0.3, 0.4) is 0 Å². The van der Waals surface area contributed by atoms with Crippen molar-refractivity contribution in [2.45, 2.75) is 288 Å². The monoisotopic (exact) mass is 1600 g/mol. The zero-order valence-electron chi connectivity index (χ0n) is 59.0. The molecule has 0 aromatic rings. The van der Waals surface area contributed by atoms with Crippen LogP contribution < -0.4 is 10.6 Å². The fraction of sp³-hybridized carbons (Fsp3) is 0.902. The van der Waals surface area contributed by atoms with Crippen molar-refractivity contribution in [2.75, 3.05) is 52.9 Å². The lowest BCUT2D eigenvalue weighted by Gasteiger charge is -2.51. The maximum atomic E-state index is 13.5. The number of amides is 2. The van der Waals surface area contributed by atoms with Gasteiger partial charge in [0.05, 0.1) is 52.9 Å². The Morgan fingerprint density at radius 1 is 0.402 bits per heavy atom. The minimum absolute atomic E-state index is 0.0592. The summed E-state index contributed by atoms with van der Waals surface area (Å²) >= 11 is 0. The van der Waals surface area contributed by atoms with Gasteiger partial charge in [-0.1, -0.05) is 30.2 Å². The molecular formula is C61H106N2O42P2. The van der Waals surface area contributed by atoms with Crippen molar-refractivity contribution in [3.63, 3.8) is 0 Å². The van der Waals surface area contributed by atoms with Crippen molar-refractivity contribution in [3.8, 4) is 0 Å². The summed E-state index contributed by atoms with van der Waals surface area (Å²) in [7, 11) is -11.3. The van der Waals surface area contributed by atoms with Crippen LogP contribution >= 0.6 is 15.6 Å². The molecule has 0 radical (unpaired) electrons. The molecular weight excluding hydrogens is 1490 g/mol. The van der Waals surface area contributed by atoms with Crippen molar-refractivity contribution < 1.29 is 206 Å². The first kappa shape index (κ1) is 91.5. The topological polar surface area (TPSA) is 685 Å². The smallest absolute Gasteiger partial charge is 0.394 e. The summed E-state index contributed by atoms with van der Waals surface area (Å²) in [6, 6.07) is -4.03. The molecule has 0 saturated carbocycles. The van der Waals surface area contributed by atoms with Crippen LogP contribution in [-0.4, -0.2) is 391 Å². The average molecular weight is 1600 g/mol. The van der Waals surface area contributed by atoms with Crippen LogP contribution in [0.2, 0.25) is 0 Å². The first-order valence-corrected chi connectivity index (χ1v) is 37.5. The third-order valence-corrected chi connectivity index (χ3v) is 21.5. The quantitative estimate of drug-likeness (QED) is 0.0207. The van der Waals surface area contributed by atoms with Crippen LogP contribution in [0.15, 0.2) is 23.3 Å². The summed E-state index contributed by atoms with van der Waals surface area (Å²) in [5, 5.41) is 225. The highest BCUT2D eigenvalue weighted by molar-refractivity contribution is 7.61. The van der Waals surface area contributed by atoms with E-state index in [1.807, 2.05) is 27.7 Å². The summed E-state index contributed by atoms with van der Waals surface area (Å²) in [6.07, 6.45) is -62.5. The normalized spacial score (nSPS) is 43.7. The summed E-state index contributed by atoms with van der Waals surface area (Å²) in [5.74, 6) is -2.02. The van der Waals surface area contributed by atoms with Crippen molar-refractivity contribution in [3.05, 3.63) is 23.3 Å². The van der Waals surface area contributed by atoms with E-state index in [0.29, 0.717) is 12.8 Å². The van der Waals surface area contributed by atoms with E-state index in [4.69, 9.17) is 70.6 Å². The van der Waals surface area contributed by atoms with Gasteiger partial charge >= 0.3 is 15.6 Å². The standard InChI is InChI=1S/C61H106N2O42P2/c1-22(2)9-7-10-23(3)11-8-12-24(4)13-14-91-106(86,87)105-107(88,89)104-56-35(63-26(6)71)42(78)50(32(20-69)97-56)99-55-34(62-25(5)70)41(77)51(31(19-68)96-55)100-59-49(85)52(40(76)33(98-59)21-90-57-47(83)43(79)36(72)27(15-64)92-57)101-60-54(46(82)39(75)29(17-66)94-60)103-61-53(45(81)38(74)30(18-67)95-61)102-58-48(84)44(80)37(73)28(16-65)93-58/h9,11,24,27-61,64-69,72-85H,7-8,10,12-21H2,1-6H3,(H,62,70)(H,63,71)(H,86,87)(H,88,89). The van der Waals surface area contributed by atoms with E-state index in [1.54, 1.807) is 0 Å². The number of aliphatic hydroxyl groups is 20. The number of rotatable bonds is 35. The molecule has 0 aliphatic carbocycles. The molecule has 24 N–H and O–H groups in total. The number of hydrogen-bond donors (Lipinski definition) is 24. The van der Waals surface area contributed by atoms with Gasteiger partial charge < -0.3 is 184 Å². The summed E-state index contributed by atoms with van der Waals surface area (Å²) < 4.78 is 117. The minimum atomic E-state index is -5.85. The number of aliphatic hydroxyl groups excluding tert-OH is 20. The Bertz CT molecular complexity index is 2910. The van der Waals surface area contributed by atoms with Crippen LogP contribution in [0, 0.1) is 5.92 Å². The molecule has 0 spiro atoms. The molecule has 7 rings (SSSR count). The number of phosphoric acid groups is 2. The van der Waals surface area contributed by atoms with Gasteiger partial charge in [-0.3, -0.25) is 18.6 Å². The van der Waals surface area contributed by atoms with E-state index in [0.717, 1.165) is 26.7 Å². The number of ether oxygens (including phenoxy) is 13. The van der Waals surface area contributed by atoms with Crippen molar-refractivity contribution >= 4 is 27.5 Å². The van der Waals surface area contributed by atoms with E-state index >= 15 is 0 Å². The summed E-state index contributed by atoms with van der Waals surface area (Å²) in [6.45, 7) is 1.60. The van der Waals surface area contributed by atoms with E-state index in [-0.39, 0.29) is 12.3 Å². The second-order valence-corrected chi connectivity index (χ2v) is 30.3. The molecule has 7 saturated heterocycles. The molecule has 107 heavy (non-hydrogen) atoms. The second kappa shape index (κ2) is 41.1. The third kappa shape index (κ3) is 23.5. The van der Waals surface area contributed by atoms with Crippen LogP contribution in [0.5, 0.6) is 0 Å². The zero-order valence-corrected chi connectivity index (χ0v) is 60.8. The Hall–Kier alpha value is -2.64. The third-order valence-electron chi connectivity index (χ3n) is 18.9. The highest BCUT2D eigenvalue weighted by Gasteiger charge is 2.60. The fourth-order valence-corrected chi connectivity index (χ4v) is 15.0. The summed E-state index contributed by atoms with van der Waals surface area (Å²) in [5.41, 5.74) is 2.38. The SMILES string of the molecule is CC(=O)NC1C(OC2C(CO)OC(OP(=O)(O)OP(=O)(O)OCCC(C)CCC=C(C)CCC=C(C)C)C(NC(C)=O)C2O)OC(CO)C(OC2OC(COC3OC(CO)C(O)C(O)C3O)C(O)C(OC3OC(CO)C(O)C(O)C3OC3OC(CO)C(O)C(O)C3OC3OC(CO)C(O)C(O)C3O)C2O)C1O. The molecule has 622 valence electrons. The molecule has 7 heterocycles. The van der Waals surface area contributed by atoms with Crippen LogP contribution in [0.4, 0.5) is 0 Å². The zero-order chi connectivity index (χ0) is 79.4. The molecule has 38 unspecified atom stereocenters. The van der Waals surface area contributed by atoms with Crippen LogP contribution in [0.25, 0.3) is 0 Å². The van der Waals surface area contributed by atoms with Gasteiger partial charge in [0.2, 0.25) is 11.8 Å². The highest BCUT2D eigenvalue weighted by atomic mass is 31.3. The molecule has 7 fully saturated rings. The second-order valence-electron chi connectivity index (χ2n) is 27.4. The van der Waals surface area contributed by atoms with Gasteiger partial charge in [0.1, 0.15) is 171 Å². The molecule has 0 aromatic carbocycles. The largest absolute Gasteiger partial charge is 0.483 e. The lowest BCUT2D eigenvalue weighted by Crippen LogP contribution is -2.70. The Labute approximate surface area is 612 Å². The molecule has 38 atom stereocenters. The van der Waals surface area contributed by atoms with E-state index in [9.17, 15) is 131 Å². The molecule has 7 aliphatic heterocycles. The van der Waals surface area contributed by atoms with Crippen molar-refractivity contribution in [2.24, 2.45) is 5.92 Å². The number of hydrogen-bond acceptors (Lipinski definition) is 40. The van der Waals surface area contributed by atoms with E-state index in [1.165, 1.54) is 11.1 Å². The maximum absolute atomic E-state index is 13.5. The van der Waals surface area contributed by atoms with Gasteiger partial charge in [-0.25, -0.2) is 9.13 Å². The fourth-order valence-electron chi connectivity index (χ4n) is 12.9. The van der Waals surface area contributed by atoms with Crippen LogP contribution in [-0.2, 0) is 93.7 Å². The van der Waals surface area contributed by atoms with Crippen molar-refractivity contribution in [1.29, 1.82) is 0 Å². The Morgan fingerprint density at radius 3 is 1.28 bits per heavy atom. The van der Waals surface area contributed by atoms with Gasteiger partial charge in [-0.2, -0.15) is 4.31 Å². The van der Waals surface area contributed by atoms with Gasteiger partial charge in [-0.05, 0) is 58.8 Å². The molecule has 0 aromatic heterocycles. The lowest BCUT2D eigenvalue weighted by atomic mass is 9.94. The first-order valence-electron chi connectivity index (χ1n) is 34.5. The number of phosphoric ester groups is 2. The number of allylic oxidation sites excluding steroid dienone is 4. The average Bonchev–Trinajstić information content (AvgIpc) is 0.771. The van der Waals surface area contributed by atoms with E-state index < -0.39 is 295 Å².